The van der Waals surface area contributed by atoms with Crippen molar-refractivity contribution >= 4 is 8.56 Å². The first-order valence-corrected chi connectivity index (χ1v) is 13.4. The van der Waals surface area contributed by atoms with E-state index in [1.165, 1.54) is 83.5 Å². The first kappa shape index (κ1) is 23.9. The van der Waals surface area contributed by atoms with E-state index in [4.69, 9.17) is 8.85 Å². The predicted octanol–water partition coefficient (Wildman–Crippen LogP) is 7.39. The first-order valence-electron chi connectivity index (χ1n) is 10.5. The van der Waals surface area contributed by atoms with Crippen LogP contribution in [0, 0.1) is 0 Å². The minimum atomic E-state index is -1.92. The molecule has 0 fully saturated rings. The molecule has 0 saturated carbocycles. The summed E-state index contributed by atoms with van der Waals surface area (Å²) in [5, 5.41) is 0. The Morgan fingerprint density at radius 1 is 0.625 bits per heavy atom. The van der Waals surface area contributed by atoms with Crippen molar-refractivity contribution in [2.24, 2.45) is 0 Å². The van der Waals surface area contributed by atoms with Gasteiger partial charge in [-0.05, 0) is 32.4 Å². The summed E-state index contributed by atoms with van der Waals surface area (Å²) >= 11 is 0. The Morgan fingerprint density at radius 3 is 1.79 bits per heavy atom. The van der Waals surface area contributed by atoms with Crippen LogP contribution in [-0.2, 0) is 8.85 Å². The average Bonchev–Trinajstić information content (AvgIpc) is 2.55. The second kappa shape index (κ2) is 17.7. The Balaban J connectivity index is 3.44. The fourth-order valence-corrected chi connectivity index (χ4v) is 3.94. The lowest BCUT2D eigenvalue weighted by Crippen LogP contribution is -2.35. The minimum absolute atomic E-state index is 0.714. The van der Waals surface area contributed by atoms with Gasteiger partial charge in [-0.3, -0.25) is 0 Å². The van der Waals surface area contributed by atoms with Gasteiger partial charge in [0.2, 0.25) is 0 Å². The average molecular weight is 357 g/mol. The molecule has 0 radical (unpaired) electrons. The Bertz CT molecular complexity index is 277. The molecule has 144 valence electrons. The van der Waals surface area contributed by atoms with Crippen LogP contribution >= 0.6 is 0 Å². The third-order valence-corrected chi connectivity index (χ3v) is 6.13. The van der Waals surface area contributed by atoms with Crippen LogP contribution in [0.15, 0.2) is 12.2 Å². The highest BCUT2D eigenvalue weighted by atomic mass is 28.4. The molecule has 2 nitrogen and oxygen atoms in total. The van der Waals surface area contributed by atoms with Crippen LogP contribution in [0.2, 0.25) is 13.1 Å². The monoisotopic (exact) mass is 356 g/mol. The lowest BCUT2D eigenvalue weighted by Gasteiger charge is -2.22. The minimum Gasteiger partial charge on any atom is -0.395 e. The third-order valence-electron chi connectivity index (χ3n) is 4.37. The molecule has 0 aromatic heterocycles. The molecule has 0 spiro atoms. The van der Waals surface area contributed by atoms with Crippen molar-refractivity contribution < 1.29 is 8.85 Å². The zero-order chi connectivity index (χ0) is 17.9. The number of hydrogen-bond acceptors (Lipinski definition) is 2. The van der Waals surface area contributed by atoms with Crippen molar-refractivity contribution in [1.29, 1.82) is 0 Å². The van der Waals surface area contributed by atoms with E-state index in [-0.39, 0.29) is 0 Å². The van der Waals surface area contributed by atoms with Crippen LogP contribution < -0.4 is 0 Å². The first-order chi connectivity index (χ1) is 11.6. The van der Waals surface area contributed by atoms with E-state index in [1.807, 2.05) is 0 Å². The molecule has 24 heavy (non-hydrogen) atoms. The molecule has 0 N–H and O–H groups in total. The van der Waals surface area contributed by atoms with Gasteiger partial charge in [0, 0.05) is 6.61 Å². The van der Waals surface area contributed by atoms with Gasteiger partial charge in [-0.25, -0.2) is 0 Å². The van der Waals surface area contributed by atoms with Crippen molar-refractivity contribution in [3.63, 3.8) is 0 Å². The molecule has 3 heteroatoms. The summed E-state index contributed by atoms with van der Waals surface area (Å²) in [6, 6.07) is 0. The van der Waals surface area contributed by atoms with Crippen LogP contribution in [0.25, 0.3) is 0 Å². The van der Waals surface area contributed by atoms with Crippen molar-refractivity contribution in [3.8, 4) is 0 Å². The van der Waals surface area contributed by atoms with Crippen molar-refractivity contribution in [1.82, 2.24) is 0 Å². The topological polar surface area (TPSA) is 18.5 Å². The zero-order valence-electron chi connectivity index (χ0n) is 17.1. The maximum atomic E-state index is 6.00. The molecular formula is C21H44O2Si. The summed E-state index contributed by atoms with van der Waals surface area (Å²) in [6.07, 6.45) is 21.7. The van der Waals surface area contributed by atoms with Crippen LogP contribution in [0.4, 0.5) is 0 Å². The van der Waals surface area contributed by atoms with E-state index < -0.39 is 8.56 Å². The Labute approximate surface area is 153 Å². The van der Waals surface area contributed by atoms with Gasteiger partial charge in [-0.15, -0.1) is 0 Å². The highest BCUT2D eigenvalue weighted by molar-refractivity contribution is 6.64. The number of allylic oxidation sites excluding steroid dienone is 1. The molecule has 0 aliphatic rings. The standard InChI is InChI=1S/C21H44O2Si/c1-5-7-9-11-13-14-15-17-19-21-23-24(3,4)22-20-18-16-12-10-8-6-2/h17,19H,5-16,18,20-21H2,1-4H3/b19-17+. The maximum absolute atomic E-state index is 6.00. The fourth-order valence-electron chi connectivity index (χ4n) is 2.72. The van der Waals surface area contributed by atoms with Crippen LogP contribution in [0.3, 0.4) is 0 Å². The number of unbranched alkanes of at least 4 members (excludes halogenated alkanes) is 11. The summed E-state index contributed by atoms with van der Waals surface area (Å²) in [5.74, 6) is 0. The smallest absolute Gasteiger partial charge is 0.331 e. The molecule has 0 aromatic rings. The lowest BCUT2D eigenvalue weighted by atomic mass is 10.1. The summed E-state index contributed by atoms with van der Waals surface area (Å²) in [4.78, 5) is 0. The summed E-state index contributed by atoms with van der Waals surface area (Å²) in [6.45, 7) is 10.4. The molecule has 0 aliphatic carbocycles. The third kappa shape index (κ3) is 18.2. The second-order valence-corrected chi connectivity index (χ2v) is 10.7. The van der Waals surface area contributed by atoms with E-state index in [2.05, 4.69) is 39.1 Å². The van der Waals surface area contributed by atoms with E-state index in [9.17, 15) is 0 Å². The fraction of sp³-hybridized carbons (Fsp3) is 0.905. The Morgan fingerprint density at radius 2 is 1.17 bits per heavy atom. The summed E-state index contributed by atoms with van der Waals surface area (Å²) < 4.78 is 12.0. The van der Waals surface area contributed by atoms with Crippen LogP contribution in [-0.4, -0.2) is 21.8 Å². The van der Waals surface area contributed by atoms with Gasteiger partial charge in [0.1, 0.15) is 0 Å². The molecule has 0 aliphatic heterocycles. The molecule has 0 aromatic carbocycles. The van der Waals surface area contributed by atoms with E-state index in [0.29, 0.717) is 6.61 Å². The van der Waals surface area contributed by atoms with Gasteiger partial charge in [-0.1, -0.05) is 90.2 Å². The molecule has 0 rings (SSSR count). The predicted molar refractivity (Wildman–Crippen MR) is 110 cm³/mol. The molecule has 0 amide bonds. The summed E-state index contributed by atoms with van der Waals surface area (Å²) in [5.41, 5.74) is 0. The van der Waals surface area contributed by atoms with Gasteiger partial charge in [0.05, 0.1) is 6.61 Å². The normalized spacial score (nSPS) is 12.3. The maximum Gasteiger partial charge on any atom is 0.331 e. The zero-order valence-corrected chi connectivity index (χ0v) is 18.1. The van der Waals surface area contributed by atoms with Gasteiger partial charge in [-0.2, -0.15) is 0 Å². The van der Waals surface area contributed by atoms with Crippen LogP contribution in [0.1, 0.15) is 97.3 Å². The van der Waals surface area contributed by atoms with Gasteiger partial charge < -0.3 is 8.85 Å². The lowest BCUT2D eigenvalue weighted by molar-refractivity contribution is 0.190. The number of rotatable bonds is 18. The molecule has 0 heterocycles. The Hall–Kier alpha value is -0.123. The van der Waals surface area contributed by atoms with Crippen molar-refractivity contribution in [2.75, 3.05) is 13.2 Å². The highest BCUT2D eigenvalue weighted by Crippen LogP contribution is 2.11. The van der Waals surface area contributed by atoms with E-state index in [0.717, 1.165) is 6.61 Å². The molecular weight excluding hydrogens is 312 g/mol. The molecule has 0 saturated heterocycles. The quantitative estimate of drug-likeness (QED) is 0.145. The van der Waals surface area contributed by atoms with Crippen molar-refractivity contribution in [2.45, 2.75) is 110 Å². The molecule has 0 bridgehead atoms. The van der Waals surface area contributed by atoms with E-state index in [1.54, 1.807) is 0 Å². The highest BCUT2D eigenvalue weighted by Gasteiger charge is 2.23. The van der Waals surface area contributed by atoms with E-state index >= 15 is 0 Å². The molecule has 0 unspecified atom stereocenters. The van der Waals surface area contributed by atoms with Gasteiger partial charge >= 0.3 is 8.56 Å². The molecule has 0 atom stereocenters. The van der Waals surface area contributed by atoms with Gasteiger partial charge in [0.15, 0.2) is 0 Å². The largest absolute Gasteiger partial charge is 0.395 e. The SMILES string of the molecule is CCCCCCCC/C=C/CO[Si](C)(C)OCCCCCCCC. The van der Waals surface area contributed by atoms with Crippen molar-refractivity contribution in [3.05, 3.63) is 12.2 Å². The second-order valence-electron chi connectivity index (χ2n) is 7.35. The number of hydrogen-bond donors (Lipinski definition) is 0. The van der Waals surface area contributed by atoms with Crippen LogP contribution in [0.5, 0.6) is 0 Å². The Kier molecular flexibility index (Phi) is 17.6. The summed E-state index contributed by atoms with van der Waals surface area (Å²) in [7, 11) is -1.92. The van der Waals surface area contributed by atoms with Gasteiger partial charge in [0.25, 0.3) is 0 Å².